The van der Waals surface area contributed by atoms with E-state index in [9.17, 15) is 0 Å². The lowest BCUT2D eigenvalue weighted by Crippen LogP contribution is -2.41. The maximum Gasteiger partial charge on any atom is 0.191 e. The predicted octanol–water partition coefficient (Wildman–Crippen LogP) is 2.68. The monoisotopic (exact) mass is 308 g/mol. The molecule has 0 amide bonds. The molecule has 0 aromatic carbocycles. The fourth-order valence-electron chi connectivity index (χ4n) is 2.78. The van der Waals surface area contributed by atoms with Crippen LogP contribution in [0.5, 0.6) is 0 Å². The minimum atomic E-state index is 0.759. The van der Waals surface area contributed by atoms with Crippen molar-refractivity contribution >= 4 is 17.3 Å². The van der Waals surface area contributed by atoms with E-state index >= 15 is 0 Å². The number of aliphatic imine (C=N–C) groups is 1. The topological polar surface area (TPSA) is 39.7 Å². The molecule has 21 heavy (non-hydrogen) atoms. The Balaban J connectivity index is 1.60. The molecule has 0 bridgehead atoms. The molecule has 1 aromatic heterocycles. The van der Waals surface area contributed by atoms with Crippen molar-refractivity contribution in [2.24, 2.45) is 4.99 Å². The molecule has 2 N–H and O–H groups in total. The van der Waals surface area contributed by atoms with E-state index in [1.54, 1.807) is 11.3 Å². The highest BCUT2D eigenvalue weighted by atomic mass is 32.1. The van der Waals surface area contributed by atoms with Gasteiger partial charge >= 0.3 is 0 Å². The van der Waals surface area contributed by atoms with Crippen LogP contribution in [0.4, 0.5) is 0 Å². The normalized spacial score (nSPS) is 20.5. The van der Waals surface area contributed by atoms with Gasteiger partial charge in [0.05, 0.1) is 0 Å². The summed E-state index contributed by atoms with van der Waals surface area (Å²) in [6, 6.07) is 2.90. The highest BCUT2D eigenvalue weighted by Gasteiger charge is 2.16. The second kappa shape index (κ2) is 9.05. The first-order valence-corrected chi connectivity index (χ1v) is 8.93. The molecule has 1 fully saturated rings. The van der Waals surface area contributed by atoms with E-state index in [2.05, 4.69) is 44.3 Å². The Morgan fingerprint density at radius 3 is 3.05 bits per heavy atom. The summed E-state index contributed by atoms with van der Waals surface area (Å²) in [5.74, 6) is 0.896. The summed E-state index contributed by atoms with van der Waals surface area (Å²) in [6.45, 7) is 6.63. The SMILES string of the molecule is CN=C(NCCCN1CCCCC1C)NCc1ccsc1. The number of thiophene rings is 1. The Morgan fingerprint density at radius 1 is 1.43 bits per heavy atom. The zero-order valence-corrected chi connectivity index (χ0v) is 14.1. The molecule has 0 aliphatic carbocycles. The lowest BCUT2D eigenvalue weighted by Gasteiger charge is -2.33. The third-order valence-electron chi connectivity index (χ3n) is 4.12. The van der Waals surface area contributed by atoms with Crippen molar-refractivity contribution in [3.63, 3.8) is 0 Å². The third kappa shape index (κ3) is 5.67. The quantitative estimate of drug-likeness (QED) is 0.482. The van der Waals surface area contributed by atoms with E-state index in [0.717, 1.165) is 25.1 Å². The number of piperidine rings is 1. The molecule has 1 aromatic rings. The van der Waals surface area contributed by atoms with Crippen LogP contribution >= 0.6 is 11.3 Å². The van der Waals surface area contributed by atoms with Gasteiger partial charge in [-0.05, 0) is 55.1 Å². The van der Waals surface area contributed by atoms with Gasteiger partial charge in [-0.25, -0.2) is 0 Å². The standard InChI is InChI=1S/C16H28N4S/c1-14-6-3-4-9-20(14)10-5-8-18-16(17-2)19-12-15-7-11-21-13-15/h7,11,13-14H,3-6,8-10,12H2,1-2H3,(H2,17,18,19). The van der Waals surface area contributed by atoms with Gasteiger partial charge in [-0.15, -0.1) is 0 Å². The molecule has 0 spiro atoms. The van der Waals surface area contributed by atoms with E-state index in [0.29, 0.717) is 0 Å². The van der Waals surface area contributed by atoms with Crippen LogP contribution in [0.25, 0.3) is 0 Å². The summed E-state index contributed by atoms with van der Waals surface area (Å²) in [5, 5.41) is 11.0. The van der Waals surface area contributed by atoms with E-state index in [1.165, 1.54) is 44.3 Å². The Kier molecular flexibility index (Phi) is 7.03. The highest BCUT2D eigenvalue weighted by molar-refractivity contribution is 7.07. The maximum absolute atomic E-state index is 4.27. The van der Waals surface area contributed by atoms with Crippen LogP contribution in [-0.4, -0.2) is 43.6 Å². The van der Waals surface area contributed by atoms with Crippen LogP contribution in [0.2, 0.25) is 0 Å². The molecule has 5 heteroatoms. The molecule has 118 valence electrons. The molecule has 4 nitrogen and oxygen atoms in total. The Bertz CT molecular complexity index is 416. The van der Waals surface area contributed by atoms with Crippen molar-refractivity contribution in [3.8, 4) is 0 Å². The van der Waals surface area contributed by atoms with Crippen LogP contribution in [0.3, 0.4) is 0 Å². The second-order valence-corrected chi connectivity index (χ2v) is 6.50. The van der Waals surface area contributed by atoms with Crippen molar-refractivity contribution in [2.45, 2.75) is 45.2 Å². The van der Waals surface area contributed by atoms with Crippen LogP contribution in [-0.2, 0) is 6.54 Å². The van der Waals surface area contributed by atoms with Gasteiger partial charge in [0.25, 0.3) is 0 Å². The molecule has 1 unspecified atom stereocenters. The van der Waals surface area contributed by atoms with Crippen LogP contribution in [0, 0.1) is 0 Å². The zero-order chi connectivity index (χ0) is 14.9. The number of nitrogens with zero attached hydrogens (tertiary/aromatic N) is 2. The molecule has 1 aliphatic rings. The van der Waals surface area contributed by atoms with Crippen LogP contribution < -0.4 is 10.6 Å². The Hall–Kier alpha value is -1.07. The summed E-state index contributed by atoms with van der Waals surface area (Å²) in [6.07, 6.45) is 5.29. The molecule has 1 atom stereocenters. The van der Waals surface area contributed by atoms with Gasteiger partial charge in [0.15, 0.2) is 5.96 Å². The summed E-state index contributed by atoms with van der Waals surface area (Å²) in [7, 11) is 1.83. The highest BCUT2D eigenvalue weighted by Crippen LogP contribution is 2.15. The van der Waals surface area contributed by atoms with Crippen molar-refractivity contribution in [1.29, 1.82) is 0 Å². The molecule has 2 rings (SSSR count). The summed E-state index contributed by atoms with van der Waals surface area (Å²) in [5.41, 5.74) is 1.31. The van der Waals surface area contributed by atoms with E-state index in [-0.39, 0.29) is 0 Å². The molecule has 1 aliphatic heterocycles. The molecule has 1 saturated heterocycles. The van der Waals surface area contributed by atoms with Gasteiger partial charge in [-0.2, -0.15) is 11.3 Å². The molecular weight excluding hydrogens is 280 g/mol. The lowest BCUT2D eigenvalue weighted by molar-refractivity contribution is 0.159. The lowest BCUT2D eigenvalue weighted by atomic mass is 10.0. The molecule has 0 radical (unpaired) electrons. The number of rotatable bonds is 6. The van der Waals surface area contributed by atoms with Crippen molar-refractivity contribution < 1.29 is 0 Å². The van der Waals surface area contributed by atoms with E-state index < -0.39 is 0 Å². The van der Waals surface area contributed by atoms with Gasteiger partial charge in [0.1, 0.15) is 0 Å². The number of nitrogens with one attached hydrogen (secondary N) is 2. The summed E-state index contributed by atoms with van der Waals surface area (Å²) < 4.78 is 0. The molecule has 0 saturated carbocycles. The minimum absolute atomic E-state index is 0.759. The number of hydrogen-bond acceptors (Lipinski definition) is 3. The predicted molar refractivity (Wildman–Crippen MR) is 92.0 cm³/mol. The number of likely N-dealkylation sites (tertiary alicyclic amines) is 1. The molecular formula is C16H28N4S. The van der Waals surface area contributed by atoms with Crippen molar-refractivity contribution in [3.05, 3.63) is 22.4 Å². The minimum Gasteiger partial charge on any atom is -0.356 e. The second-order valence-electron chi connectivity index (χ2n) is 5.72. The first-order valence-electron chi connectivity index (χ1n) is 7.99. The average Bonchev–Trinajstić information content (AvgIpc) is 3.01. The fourth-order valence-corrected chi connectivity index (χ4v) is 3.45. The summed E-state index contributed by atoms with van der Waals surface area (Å²) >= 11 is 1.73. The zero-order valence-electron chi connectivity index (χ0n) is 13.3. The van der Waals surface area contributed by atoms with Gasteiger partial charge in [0, 0.05) is 32.7 Å². The third-order valence-corrected chi connectivity index (χ3v) is 4.85. The van der Waals surface area contributed by atoms with Gasteiger partial charge in [-0.3, -0.25) is 4.99 Å². The Labute approximate surface area is 132 Å². The Morgan fingerprint density at radius 2 is 2.33 bits per heavy atom. The fraction of sp³-hybridized carbons (Fsp3) is 0.688. The van der Waals surface area contributed by atoms with E-state index in [1.807, 2.05) is 7.05 Å². The van der Waals surface area contributed by atoms with Crippen molar-refractivity contribution in [1.82, 2.24) is 15.5 Å². The van der Waals surface area contributed by atoms with Crippen molar-refractivity contribution in [2.75, 3.05) is 26.7 Å². The van der Waals surface area contributed by atoms with Gasteiger partial charge in [-0.1, -0.05) is 6.42 Å². The summed E-state index contributed by atoms with van der Waals surface area (Å²) in [4.78, 5) is 6.89. The van der Waals surface area contributed by atoms with E-state index in [4.69, 9.17) is 0 Å². The number of hydrogen-bond donors (Lipinski definition) is 2. The van der Waals surface area contributed by atoms with Crippen LogP contribution in [0.15, 0.2) is 21.8 Å². The first kappa shape index (κ1) is 16.3. The first-order chi connectivity index (χ1) is 10.3. The van der Waals surface area contributed by atoms with Crippen LogP contribution in [0.1, 0.15) is 38.2 Å². The smallest absolute Gasteiger partial charge is 0.191 e. The molecule has 2 heterocycles. The van der Waals surface area contributed by atoms with Gasteiger partial charge in [0.2, 0.25) is 0 Å². The average molecular weight is 308 g/mol. The largest absolute Gasteiger partial charge is 0.356 e. The maximum atomic E-state index is 4.27. The number of guanidine groups is 1. The van der Waals surface area contributed by atoms with Gasteiger partial charge < -0.3 is 15.5 Å².